The Morgan fingerprint density at radius 2 is 1.77 bits per heavy atom. The summed E-state index contributed by atoms with van der Waals surface area (Å²) in [6, 6.07) is 16.8. The summed E-state index contributed by atoms with van der Waals surface area (Å²) in [6.45, 7) is 1.95. The molecule has 3 amide bonds. The number of aryl methyl sites for hydroxylation is 1. The van der Waals surface area contributed by atoms with E-state index < -0.39 is 11.8 Å². The highest BCUT2D eigenvalue weighted by atomic mass is 32.2. The van der Waals surface area contributed by atoms with E-state index in [0.717, 1.165) is 11.1 Å². The molecule has 1 saturated heterocycles. The van der Waals surface area contributed by atoms with Crippen LogP contribution in [-0.4, -0.2) is 33.5 Å². The van der Waals surface area contributed by atoms with Crippen molar-refractivity contribution in [2.24, 2.45) is 0 Å². The number of hydrazine groups is 1. The van der Waals surface area contributed by atoms with Crippen LogP contribution >= 0.6 is 24.0 Å². The van der Waals surface area contributed by atoms with Gasteiger partial charge >= 0.3 is 0 Å². The first-order valence-electron chi connectivity index (χ1n) is 9.57. The van der Waals surface area contributed by atoms with Crippen LogP contribution in [0.15, 0.2) is 71.7 Å². The van der Waals surface area contributed by atoms with Gasteiger partial charge in [0, 0.05) is 18.5 Å². The number of amides is 3. The number of thioether (sulfide) groups is 1. The summed E-state index contributed by atoms with van der Waals surface area (Å²) in [4.78, 5) is 38.7. The fraction of sp³-hybridized carbons (Fsp3) is 0.130. The number of nitrogens with zero attached hydrogens (tertiary/aromatic N) is 1. The van der Waals surface area contributed by atoms with Gasteiger partial charge in [-0.2, -0.15) is 0 Å². The van der Waals surface area contributed by atoms with Crippen molar-refractivity contribution >= 4 is 52.1 Å². The minimum Gasteiger partial charge on any atom is -0.292 e. The minimum atomic E-state index is -0.413. The number of nitrogens with one attached hydrogen (secondary N) is 2. The zero-order chi connectivity index (χ0) is 22.2. The van der Waals surface area contributed by atoms with Crippen molar-refractivity contribution in [3.63, 3.8) is 0 Å². The molecule has 158 valence electrons. The van der Waals surface area contributed by atoms with Crippen LogP contribution in [0.25, 0.3) is 6.08 Å². The maximum atomic E-state index is 12.6. The second kappa shape index (κ2) is 10.7. The number of benzene rings is 2. The first kappa shape index (κ1) is 22.5. The highest BCUT2D eigenvalue weighted by Gasteiger charge is 2.31. The van der Waals surface area contributed by atoms with Crippen LogP contribution in [0.3, 0.4) is 0 Å². The van der Waals surface area contributed by atoms with Gasteiger partial charge in [-0.05, 0) is 30.2 Å². The van der Waals surface area contributed by atoms with E-state index in [2.05, 4.69) is 10.9 Å². The molecule has 1 fully saturated rings. The van der Waals surface area contributed by atoms with Gasteiger partial charge in [-0.15, -0.1) is 0 Å². The van der Waals surface area contributed by atoms with Crippen LogP contribution < -0.4 is 10.9 Å². The van der Waals surface area contributed by atoms with Gasteiger partial charge in [-0.3, -0.25) is 30.1 Å². The summed E-state index contributed by atoms with van der Waals surface area (Å²) >= 11 is 6.48. The Morgan fingerprint density at radius 1 is 1.06 bits per heavy atom. The standard InChI is InChI=1S/C23H21N3O3S2/c1-16-8-5-6-12-18(16)21(28)25-24-20(27)14-15-26-22(29)19(31-23(26)30)13-7-11-17-9-3-2-4-10-17/h2-13H,14-15H2,1H3,(H,24,27)(H,25,28)/b11-7+,19-13-. The third-order valence-corrected chi connectivity index (χ3v) is 5.87. The van der Waals surface area contributed by atoms with Gasteiger partial charge in [0.25, 0.3) is 11.8 Å². The van der Waals surface area contributed by atoms with Crippen LogP contribution in [0.5, 0.6) is 0 Å². The zero-order valence-corrected chi connectivity index (χ0v) is 18.5. The molecule has 0 saturated carbocycles. The molecular weight excluding hydrogens is 430 g/mol. The summed E-state index contributed by atoms with van der Waals surface area (Å²) in [5.74, 6) is -1.04. The first-order chi connectivity index (χ1) is 15.0. The number of allylic oxidation sites excluding steroid dienone is 2. The Labute approximate surface area is 190 Å². The van der Waals surface area contributed by atoms with Crippen LogP contribution in [-0.2, 0) is 9.59 Å². The summed E-state index contributed by atoms with van der Waals surface area (Å²) in [5, 5.41) is 0. The molecule has 1 aliphatic heterocycles. The fourth-order valence-electron chi connectivity index (χ4n) is 2.81. The van der Waals surface area contributed by atoms with Gasteiger partial charge in [-0.1, -0.05) is 84.7 Å². The largest absolute Gasteiger partial charge is 0.292 e. The molecule has 0 bridgehead atoms. The van der Waals surface area contributed by atoms with E-state index in [1.807, 2.05) is 55.5 Å². The summed E-state index contributed by atoms with van der Waals surface area (Å²) in [7, 11) is 0. The van der Waals surface area contributed by atoms with Crippen molar-refractivity contribution in [2.45, 2.75) is 13.3 Å². The van der Waals surface area contributed by atoms with Gasteiger partial charge in [0.15, 0.2) is 0 Å². The predicted octanol–water partition coefficient (Wildman–Crippen LogP) is 3.60. The molecule has 1 aliphatic rings. The second-order valence-electron chi connectivity index (χ2n) is 6.69. The lowest BCUT2D eigenvalue weighted by Crippen LogP contribution is -2.43. The molecule has 0 atom stereocenters. The molecule has 0 aliphatic carbocycles. The Bertz CT molecular complexity index is 1060. The van der Waals surface area contributed by atoms with Crippen LogP contribution in [0.2, 0.25) is 0 Å². The van der Waals surface area contributed by atoms with Crippen molar-refractivity contribution < 1.29 is 14.4 Å². The van der Waals surface area contributed by atoms with E-state index in [0.29, 0.717) is 14.8 Å². The highest BCUT2D eigenvalue weighted by molar-refractivity contribution is 8.26. The molecule has 0 spiro atoms. The van der Waals surface area contributed by atoms with E-state index in [1.165, 1.54) is 16.7 Å². The molecule has 6 nitrogen and oxygen atoms in total. The smallest absolute Gasteiger partial charge is 0.269 e. The molecule has 0 aromatic heterocycles. The lowest BCUT2D eigenvalue weighted by atomic mass is 10.1. The van der Waals surface area contributed by atoms with Crippen molar-refractivity contribution in [3.8, 4) is 0 Å². The van der Waals surface area contributed by atoms with Gasteiger partial charge < -0.3 is 0 Å². The summed E-state index contributed by atoms with van der Waals surface area (Å²) in [6.07, 6.45) is 5.43. The van der Waals surface area contributed by atoms with Crippen molar-refractivity contribution in [3.05, 3.63) is 88.3 Å². The topological polar surface area (TPSA) is 78.5 Å². The van der Waals surface area contributed by atoms with Gasteiger partial charge in [0.05, 0.1) is 4.91 Å². The molecule has 2 aromatic rings. The minimum absolute atomic E-state index is 0.00757. The second-order valence-corrected chi connectivity index (χ2v) is 8.37. The number of thiocarbonyl (C=S) groups is 1. The number of hydrogen-bond donors (Lipinski definition) is 2. The molecular formula is C23H21N3O3S2. The van der Waals surface area contributed by atoms with Crippen LogP contribution in [0.4, 0.5) is 0 Å². The van der Waals surface area contributed by atoms with Crippen molar-refractivity contribution in [2.75, 3.05) is 6.54 Å². The fourth-order valence-corrected chi connectivity index (χ4v) is 4.08. The van der Waals surface area contributed by atoms with E-state index in [4.69, 9.17) is 12.2 Å². The molecule has 1 heterocycles. The predicted molar refractivity (Wildman–Crippen MR) is 127 cm³/mol. The van der Waals surface area contributed by atoms with Crippen molar-refractivity contribution in [1.29, 1.82) is 0 Å². The Morgan fingerprint density at radius 3 is 2.52 bits per heavy atom. The van der Waals surface area contributed by atoms with Gasteiger partial charge in [0.1, 0.15) is 4.32 Å². The lowest BCUT2D eigenvalue weighted by Gasteiger charge is -2.14. The molecule has 0 unspecified atom stereocenters. The SMILES string of the molecule is Cc1ccccc1C(=O)NNC(=O)CCN1C(=O)/C(=C/C=C/c2ccccc2)SC1=S. The van der Waals surface area contributed by atoms with Crippen molar-refractivity contribution in [1.82, 2.24) is 15.8 Å². The van der Waals surface area contributed by atoms with Gasteiger partial charge in [0.2, 0.25) is 5.91 Å². The van der Waals surface area contributed by atoms with E-state index in [1.54, 1.807) is 24.3 Å². The first-order valence-corrected chi connectivity index (χ1v) is 10.8. The zero-order valence-electron chi connectivity index (χ0n) is 16.8. The number of carbonyl (C=O) groups is 3. The lowest BCUT2D eigenvalue weighted by molar-refractivity contribution is -0.124. The molecule has 2 N–H and O–H groups in total. The third-order valence-electron chi connectivity index (χ3n) is 4.48. The quantitative estimate of drug-likeness (QED) is 0.399. The Kier molecular flexibility index (Phi) is 7.75. The number of rotatable bonds is 6. The Hall–Kier alpha value is -3.23. The van der Waals surface area contributed by atoms with E-state index in [-0.39, 0.29) is 18.9 Å². The molecule has 31 heavy (non-hydrogen) atoms. The van der Waals surface area contributed by atoms with Crippen LogP contribution in [0.1, 0.15) is 27.9 Å². The summed E-state index contributed by atoms with van der Waals surface area (Å²) < 4.78 is 0.404. The Balaban J connectivity index is 1.49. The average Bonchev–Trinajstić information content (AvgIpc) is 3.04. The maximum Gasteiger partial charge on any atom is 0.269 e. The molecule has 0 radical (unpaired) electrons. The van der Waals surface area contributed by atoms with E-state index in [9.17, 15) is 14.4 Å². The monoisotopic (exact) mass is 451 g/mol. The third kappa shape index (κ3) is 6.13. The maximum absolute atomic E-state index is 12.6. The number of carbonyl (C=O) groups excluding carboxylic acids is 3. The van der Waals surface area contributed by atoms with Crippen LogP contribution in [0, 0.1) is 6.92 Å². The number of hydrogen-bond acceptors (Lipinski definition) is 5. The summed E-state index contributed by atoms with van der Waals surface area (Å²) in [5.41, 5.74) is 7.07. The average molecular weight is 452 g/mol. The molecule has 8 heteroatoms. The van der Waals surface area contributed by atoms with Gasteiger partial charge in [-0.25, -0.2) is 0 Å². The highest BCUT2D eigenvalue weighted by Crippen LogP contribution is 2.31. The van der Waals surface area contributed by atoms with E-state index >= 15 is 0 Å². The molecule has 3 rings (SSSR count). The molecule has 2 aromatic carbocycles. The normalized spacial score (nSPS) is 15.0.